The first kappa shape index (κ1) is 12.8. The van der Waals surface area contributed by atoms with E-state index in [1.54, 1.807) is 24.3 Å². The zero-order chi connectivity index (χ0) is 12.0. The second kappa shape index (κ2) is 6.35. The maximum atomic E-state index is 11.3. The highest BCUT2D eigenvalue weighted by molar-refractivity contribution is 6.30. The molecule has 0 saturated heterocycles. The fraction of sp³-hybridized carbons (Fsp3) is 0.364. The molecular weight excluding hydrogens is 228 g/mol. The molecule has 88 valence electrons. The van der Waals surface area contributed by atoms with Gasteiger partial charge in [-0.3, -0.25) is 4.79 Å². The number of nitrogens with two attached hydrogens (primary N) is 1. The molecule has 0 aliphatic rings. The molecule has 1 aromatic carbocycles. The van der Waals surface area contributed by atoms with Crippen LogP contribution in [0.1, 0.15) is 6.92 Å². The summed E-state index contributed by atoms with van der Waals surface area (Å²) in [7, 11) is 0. The molecule has 5 heteroatoms. The lowest BCUT2D eigenvalue weighted by Crippen LogP contribution is -2.40. The number of rotatable bonds is 5. The van der Waals surface area contributed by atoms with Gasteiger partial charge < -0.3 is 15.8 Å². The van der Waals surface area contributed by atoms with E-state index in [9.17, 15) is 4.79 Å². The monoisotopic (exact) mass is 242 g/mol. The van der Waals surface area contributed by atoms with E-state index in [0.717, 1.165) is 0 Å². The van der Waals surface area contributed by atoms with Gasteiger partial charge in [0.2, 0.25) is 0 Å². The summed E-state index contributed by atoms with van der Waals surface area (Å²) >= 11 is 5.71. The van der Waals surface area contributed by atoms with Gasteiger partial charge in [-0.1, -0.05) is 11.6 Å². The quantitative estimate of drug-likeness (QED) is 0.815. The highest BCUT2D eigenvalue weighted by Gasteiger charge is 2.06. The predicted molar refractivity (Wildman–Crippen MR) is 63.6 cm³/mol. The van der Waals surface area contributed by atoms with Gasteiger partial charge in [0.05, 0.1) is 0 Å². The minimum Gasteiger partial charge on any atom is -0.484 e. The topological polar surface area (TPSA) is 64.3 Å². The van der Waals surface area contributed by atoms with Crippen molar-refractivity contribution in [3.63, 3.8) is 0 Å². The van der Waals surface area contributed by atoms with Crippen LogP contribution in [0, 0.1) is 0 Å². The normalized spacial score (nSPS) is 11.9. The van der Waals surface area contributed by atoms with Gasteiger partial charge in [-0.2, -0.15) is 0 Å². The van der Waals surface area contributed by atoms with E-state index in [1.165, 1.54) is 0 Å². The molecule has 0 spiro atoms. The van der Waals surface area contributed by atoms with E-state index in [4.69, 9.17) is 22.1 Å². The fourth-order valence-corrected chi connectivity index (χ4v) is 1.18. The van der Waals surface area contributed by atoms with Gasteiger partial charge in [0.1, 0.15) is 5.75 Å². The number of halogens is 1. The molecule has 3 N–H and O–H groups in total. The maximum Gasteiger partial charge on any atom is 0.258 e. The van der Waals surface area contributed by atoms with Gasteiger partial charge in [-0.15, -0.1) is 0 Å². The van der Waals surface area contributed by atoms with E-state index in [-0.39, 0.29) is 18.6 Å². The minimum absolute atomic E-state index is 0.0219. The fourth-order valence-electron chi connectivity index (χ4n) is 1.06. The zero-order valence-electron chi connectivity index (χ0n) is 9.07. The summed E-state index contributed by atoms with van der Waals surface area (Å²) in [5.41, 5.74) is 5.37. The van der Waals surface area contributed by atoms with Crippen molar-refractivity contribution < 1.29 is 9.53 Å². The minimum atomic E-state index is -0.187. The highest BCUT2D eigenvalue weighted by Crippen LogP contribution is 2.15. The molecule has 0 aliphatic carbocycles. The molecule has 0 radical (unpaired) electrons. The van der Waals surface area contributed by atoms with Crippen LogP contribution in [0.3, 0.4) is 0 Å². The van der Waals surface area contributed by atoms with E-state index >= 15 is 0 Å². The Morgan fingerprint density at radius 1 is 1.50 bits per heavy atom. The third kappa shape index (κ3) is 4.51. The van der Waals surface area contributed by atoms with E-state index in [2.05, 4.69) is 5.32 Å². The van der Waals surface area contributed by atoms with Crippen LogP contribution in [0.15, 0.2) is 24.3 Å². The first-order chi connectivity index (χ1) is 7.61. The molecule has 16 heavy (non-hydrogen) atoms. The maximum absolute atomic E-state index is 11.3. The van der Waals surface area contributed by atoms with Crippen LogP contribution in [-0.2, 0) is 4.79 Å². The second-order valence-electron chi connectivity index (χ2n) is 3.45. The van der Waals surface area contributed by atoms with Crippen LogP contribution in [0.4, 0.5) is 0 Å². The molecule has 0 fully saturated rings. The highest BCUT2D eigenvalue weighted by atomic mass is 35.5. The van der Waals surface area contributed by atoms with Crippen LogP contribution in [0.25, 0.3) is 0 Å². The van der Waals surface area contributed by atoms with Gasteiger partial charge in [0.25, 0.3) is 5.91 Å². The van der Waals surface area contributed by atoms with Crippen LogP contribution in [-0.4, -0.2) is 25.1 Å². The second-order valence-corrected chi connectivity index (χ2v) is 3.88. The Morgan fingerprint density at radius 2 is 2.12 bits per heavy atom. The molecule has 1 amide bonds. The Balaban J connectivity index is 2.34. The zero-order valence-corrected chi connectivity index (χ0v) is 9.83. The van der Waals surface area contributed by atoms with Crippen molar-refractivity contribution in [2.75, 3.05) is 13.2 Å². The molecule has 1 rings (SSSR count). The smallest absolute Gasteiger partial charge is 0.258 e. The van der Waals surface area contributed by atoms with Crippen molar-refractivity contribution in [2.24, 2.45) is 5.73 Å². The molecule has 0 saturated carbocycles. The van der Waals surface area contributed by atoms with Crippen LogP contribution in [0.2, 0.25) is 5.02 Å². The lowest BCUT2D eigenvalue weighted by molar-refractivity contribution is -0.123. The summed E-state index contributed by atoms with van der Waals surface area (Å²) in [5, 5.41) is 3.33. The SMILES string of the molecule is C[C@H](CN)NC(=O)COc1ccc(Cl)cc1. The molecule has 1 aromatic rings. The van der Waals surface area contributed by atoms with Gasteiger partial charge in [-0.05, 0) is 31.2 Å². The van der Waals surface area contributed by atoms with Crippen LogP contribution < -0.4 is 15.8 Å². The summed E-state index contributed by atoms with van der Waals surface area (Å²) in [6.07, 6.45) is 0. The lowest BCUT2D eigenvalue weighted by Gasteiger charge is -2.11. The van der Waals surface area contributed by atoms with E-state index < -0.39 is 0 Å². The van der Waals surface area contributed by atoms with Gasteiger partial charge in [0, 0.05) is 17.6 Å². The molecule has 0 unspecified atom stereocenters. The molecule has 0 heterocycles. The number of benzene rings is 1. The molecule has 0 aliphatic heterocycles. The molecule has 1 atom stereocenters. The van der Waals surface area contributed by atoms with Crippen molar-refractivity contribution in [3.05, 3.63) is 29.3 Å². The predicted octanol–water partition coefficient (Wildman–Crippen LogP) is 1.18. The number of hydrogen-bond acceptors (Lipinski definition) is 3. The van der Waals surface area contributed by atoms with Gasteiger partial charge in [-0.25, -0.2) is 0 Å². The average Bonchev–Trinajstić information content (AvgIpc) is 2.28. The first-order valence-corrected chi connectivity index (χ1v) is 5.37. The number of hydrogen-bond donors (Lipinski definition) is 2. The Hall–Kier alpha value is -1.26. The van der Waals surface area contributed by atoms with E-state index in [0.29, 0.717) is 17.3 Å². The Labute approximate surface area is 99.7 Å². The van der Waals surface area contributed by atoms with Crippen molar-refractivity contribution in [2.45, 2.75) is 13.0 Å². The number of amides is 1. The van der Waals surface area contributed by atoms with Gasteiger partial charge in [0.15, 0.2) is 6.61 Å². The summed E-state index contributed by atoms with van der Waals surface area (Å²) in [6.45, 7) is 2.22. The molecule has 0 bridgehead atoms. The Morgan fingerprint density at radius 3 is 2.69 bits per heavy atom. The largest absolute Gasteiger partial charge is 0.484 e. The van der Waals surface area contributed by atoms with Crippen LogP contribution in [0.5, 0.6) is 5.75 Å². The molecule has 0 aromatic heterocycles. The van der Waals surface area contributed by atoms with Crippen molar-refractivity contribution in [3.8, 4) is 5.75 Å². The van der Waals surface area contributed by atoms with Crippen molar-refractivity contribution in [1.29, 1.82) is 0 Å². The molecular formula is C11H15ClN2O2. The molecule has 4 nitrogen and oxygen atoms in total. The summed E-state index contributed by atoms with van der Waals surface area (Å²) in [6, 6.07) is 6.79. The summed E-state index contributed by atoms with van der Waals surface area (Å²) < 4.78 is 5.26. The third-order valence-electron chi connectivity index (χ3n) is 1.94. The Bertz CT molecular complexity index is 340. The van der Waals surface area contributed by atoms with Crippen molar-refractivity contribution in [1.82, 2.24) is 5.32 Å². The first-order valence-electron chi connectivity index (χ1n) is 4.99. The number of ether oxygens (including phenoxy) is 1. The number of nitrogens with one attached hydrogen (secondary N) is 1. The lowest BCUT2D eigenvalue weighted by atomic mass is 10.3. The van der Waals surface area contributed by atoms with Crippen LogP contribution >= 0.6 is 11.6 Å². The number of carbonyl (C=O) groups excluding carboxylic acids is 1. The summed E-state index contributed by atoms with van der Waals surface area (Å²) in [5.74, 6) is 0.424. The Kier molecular flexibility index (Phi) is 5.08. The van der Waals surface area contributed by atoms with E-state index in [1.807, 2.05) is 6.92 Å². The standard InChI is InChI=1S/C11H15ClN2O2/c1-8(6-13)14-11(15)7-16-10-4-2-9(12)3-5-10/h2-5,8H,6-7,13H2,1H3,(H,14,15)/t8-/m1/s1. The van der Waals surface area contributed by atoms with Gasteiger partial charge >= 0.3 is 0 Å². The van der Waals surface area contributed by atoms with Crippen molar-refractivity contribution >= 4 is 17.5 Å². The average molecular weight is 243 g/mol. The third-order valence-corrected chi connectivity index (χ3v) is 2.20. The summed E-state index contributed by atoms with van der Waals surface area (Å²) in [4.78, 5) is 11.3. The number of carbonyl (C=O) groups is 1.